The zero-order valence-electron chi connectivity index (χ0n) is 16.1. The van der Waals surface area contributed by atoms with Crippen LogP contribution in [0.5, 0.6) is 0 Å². The second-order valence-corrected chi connectivity index (χ2v) is 8.24. The Morgan fingerprint density at radius 2 is 2.00 bits per heavy atom. The highest BCUT2D eigenvalue weighted by atomic mass is 79.9. The van der Waals surface area contributed by atoms with Crippen LogP contribution in [0, 0.1) is 5.41 Å². The smallest absolute Gasteiger partial charge is 0.319 e. The molecule has 152 valence electrons. The number of amides is 1. The second-order valence-electron chi connectivity index (χ2n) is 6.89. The monoisotopic (exact) mass is 477 g/mol. The molecular formula is C21H21BrClN3O3. The highest BCUT2D eigenvalue weighted by molar-refractivity contribution is 9.10. The lowest BCUT2D eigenvalue weighted by atomic mass is 9.82. The van der Waals surface area contributed by atoms with Crippen LogP contribution in [0.25, 0.3) is 0 Å². The number of hydrogen-bond donors (Lipinski definition) is 1. The Morgan fingerprint density at radius 3 is 2.66 bits per heavy atom. The van der Waals surface area contributed by atoms with Crippen molar-refractivity contribution in [2.45, 2.75) is 13.8 Å². The summed E-state index contributed by atoms with van der Waals surface area (Å²) < 4.78 is 6.16. The van der Waals surface area contributed by atoms with E-state index >= 15 is 0 Å². The third-order valence-corrected chi connectivity index (χ3v) is 5.29. The molecule has 1 heterocycles. The van der Waals surface area contributed by atoms with Crippen molar-refractivity contribution in [3.63, 3.8) is 0 Å². The summed E-state index contributed by atoms with van der Waals surface area (Å²) in [5.41, 5.74) is 1.02. The van der Waals surface area contributed by atoms with Gasteiger partial charge in [-0.25, -0.2) is 0 Å². The first-order valence-electron chi connectivity index (χ1n) is 9.14. The molecule has 8 heteroatoms. The molecule has 0 spiro atoms. The van der Waals surface area contributed by atoms with Crippen LogP contribution in [0.2, 0.25) is 5.02 Å². The first-order chi connectivity index (χ1) is 13.8. The fourth-order valence-electron chi connectivity index (χ4n) is 3.19. The summed E-state index contributed by atoms with van der Waals surface area (Å²) in [6, 6.07) is 14.4. The van der Waals surface area contributed by atoms with Crippen molar-refractivity contribution >= 4 is 50.8 Å². The zero-order valence-corrected chi connectivity index (χ0v) is 18.5. The van der Waals surface area contributed by atoms with Gasteiger partial charge in [-0.3, -0.25) is 14.6 Å². The number of carbonyl (C=O) groups is 2. The lowest BCUT2D eigenvalue weighted by molar-refractivity contribution is -0.150. The third-order valence-electron chi connectivity index (χ3n) is 4.54. The number of hydrazone groups is 1. The molecular weight excluding hydrogens is 458 g/mol. The standard InChI is InChI=1S/C21H21BrClN3O3/c1-3-29-20(28)21(2)13-26(25-19(21)14-7-9-16(23)10-8-14)12-18(27)24-17-6-4-5-15(22)11-17/h4-11H,3,12-13H2,1-2H3,(H,24,27). The van der Waals surface area contributed by atoms with Crippen LogP contribution in [0.15, 0.2) is 58.1 Å². The summed E-state index contributed by atoms with van der Waals surface area (Å²) >= 11 is 9.37. The Balaban J connectivity index is 1.81. The Morgan fingerprint density at radius 1 is 1.28 bits per heavy atom. The zero-order chi connectivity index (χ0) is 21.0. The van der Waals surface area contributed by atoms with Crippen molar-refractivity contribution in [2.75, 3.05) is 25.0 Å². The molecule has 0 saturated heterocycles. The van der Waals surface area contributed by atoms with E-state index in [2.05, 4.69) is 26.3 Å². The van der Waals surface area contributed by atoms with Crippen molar-refractivity contribution in [2.24, 2.45) is 10.5 Å². The Labute approximate surface area is 183 Å². The van der Waals surface area contributed by atoms with Gasteiger partial charge < -0.3 is 10.1 Å². The maximum absolute atomic E-state index is 12.7. The van der Waals surface area contributed by atoms with Gasteiger partial charge in [0.2, 0.25) is 5.91 Å². The summed E-state index contributed by atoms with van der Waals surface area (Å²) in [5, 5.41) is 9.60. The average molecular weight is 479 g/mol. The summed E-state index contributed by atoms with van der Waals surface area (Å²) in [6.45, 7) is 4.07. The minimum Gasteiger partial charge on any atom is -0.465 e. The van der Waals surface area contributed by atoms with Crippen LogP contribution >= 0.6 is 27.5 Å². The molecule has 2 aromatic rings. The van der Waals surface area contributed by atoms with Crippen LogP contribution in [-0.4, -0.2) is 42.3 Å². The molecule has 1 N–H and O–H groups in total. The number of ether oxygens (including phenoxy) is 1. The minimum absolute atomic E-state index is 0.0125. The molecule has 1 aliphatic heterocycles. The maximum atomic E-state index is 12.7. The summed E-state index contributed by atoms with van der Waals surface area (Å²) in [6.07, 6.45) is 0. The first-order valence-corrected chi connectivity index (χ1v) is 10.3. The fourth-order valence-corrected chi connectivity index (χ4v) is 3.71. The first kappa shape index (κ1) is 21.3. The molecule has 1 amide bonds. The summed E-state index contributed by atoms with van der Waals surface area (Å²) in [5.74, 6) is -0.598. The van der Waals surface area contributed by atoms with Crippen molar-refractivity contribution < 1.29 is 14.3 Å². The van der Waals surface area contributed by atoms with Gasteiger partial charge in [-0.2, -0.15) is 5.10 Å². The van der Waals surface area contributed by atoms with Crippen LogP contribution in [0.3, 0.4) is 0 Å². The Kier molecular flexibility index (Phi) is 6.59. The Hall–Kier alpha value is -2.38. The molecule has 0 fully saturated rings. The molecule has 1 unspecified atom stereocenters. The van der Waals surface area contributed by atoms with E-state index in [0.717, 1.165) is 10.0 Å². The Bertz CT molecular complexity index is 948. The molecule has 0 radical (unpaired) electrons. The topological polar surface area (TPSA) is 71.0 Å². The van der Waals surface area contributed by atoms with Crippen LogP contribution in [0.1, 0.15) is 19.4 Å². The number of nitrogens with zero attached hydrogens (tertiary/aromatic N) is 2. The molecule has 3 rings (SSSR count). The van der Waals surface area contributed by atoms with E-state index in [1.807, 2.05) is 30.3 Å². The largest absolute Gasteiger partial charge is 0.465 e. The summed E-state index contributed by atoms with van der Waals surface area (Å²) in [4.78, 5) is 25.2. The van der Waals surface area contributed by atoms with Gasteiger partial charge in [0, 0.05) is 15.2 Å². The lowest BCUT2D eigenvalue weighted by Crippen LogP contribution is -2.41. The number of halogens is 2. The van der Waals surface area contributed by atoms with E-state index in [-0.39, 0.29) is 31.6 Å². The molecule has 0 aromatic heterocycles. The third kappa shape index (κ3) is 4.97. The van der Waals surface area contributed by atoms with Crippen LogP contribution < -0.4 is 5.32 Å². The van der Waals surface area contributed by atoms with Gasteiger partial charge in [0.05, 0.1) is 18.9 Å². The van der Waals surface area contributed by atoms with Gasteiger partial charge in [0.15, 0.2) is 0 Å². The number of esters is 1. The lowest BCUT2D eigenvalue weighted by Gasteiger charge is -2.24. The van der Waals surface area contributed by atoms with Crippen molar-refractivity contribution in [1.29, 1.82) is 0 Å². The number of hydrogen-bond acceptors (Lipinski definition) is 5. The molecule has 2 aromatic carbocycles. The molecule has 0 saturated carbocycles. The SMILES string of the molecule is CCOC(=O)C1(C)CN(CC(=O)Nc2cccc(Br)c2)N=C1c1ccc(Cl)cc1. The van der Waals surface area contributed by atoms with E-state index in [1.54, 1.807) is 37.1 Å². The fraction of sp³-hybridized carbons (Fsp3) is 0.286. The number of carbonyl (C=O) groups excluding carboxylic acids is 2. The van der Waals surface area contributed by atoms with Gasteiger partial charge in [-0.1, -0.05) is 45.7 Å². The number of anilines is 1. The van der Waals surface area contributed by atoms with E-state index < -0.39 is 5.41 Å². The number of rotatable bonds is 6. The molecule has 6 nitrogen and oxygen atoms in total. The number of benzene rings is 2. The number of nitrogens with one attached hydrogen (secondary N) is 1. The van der Waals surface area contributed by atoms with Crippen molar-refractivity contribution in [1.82, 2.24) is 5.01 Å². The van der Waals surface area contributed by atoms with Gasteiger partial charge in [0.25, 0.3) is 0 Å². The van der Waals surface area contributed by atoms with E-state index in [1.165, 1.54) is 0 Å². The minimum atomic E-state index is -0.986. The van der Waals surface area contributed by atoms with E-state index in [0.29, 0.717) is 16.4 Å². The predicted molar refractivity (Wildman–Crippen MR) is 117 cm³/mol. The van der Waals surface area contributed by atoms with Gasteiger partial charge >= 0.3 is 5.97 Å². The maximum Gasteiger partial charge on any atom is 0.319 e. The molecule has 1 aliphatic rings. The predicted octanol–water partition coefficient (Wildman–Crippen LogP) is 4.33. The van der Waals surface area contributed by atoms with Crippen molar-refractivity contribution in [3.05, 3.63) is 63.6 Å². The summed E-state index contributed by atoms with van der Waals surface area (Å²) in [7, 11) is 0. The quantitative estimate of drug-likeness (QED) is 0.627. The molecule has 0 bridgehead atoms. The molecule has 1 atom stereocenters. The normalized spacial score (nSPS) is 18.3. The van der Waals surface area contributed by atoms with Crippen LogP contribution in [0.4, 0.5) is 5.69 Å². The van der Waals surface area contributed by atoms with Gasteiger partial charge in [-0.05, 0) is 49.7 Å². The van der Waals surface area contributed by atoms with Gasteiger partial charge in [-0.15, -0.1) is 0 Å². The van der Waals surface area contributed by atoms with E-state index in [9.17, 15) is 9.59 Å². The van der Waals surface area contributed by atoms with Gasteiger partial charge in [0.1, 0.15) is 12.0 Å². The average Bonchev–Trinajstić information content (AvgIpc) is 3.00. The van der Waals surface area contributed by atoms with Crippen molar-refractivity contribution in [3.8, 4) is 0 Å². The highest BCUT2D eigenvalue weighted by Gasteiger charge is 2.47. The van der Waals surface area contributed by atoms with Crippen LogP contribution in [-0.2, 0) is 14.3 Å². The molecule has 0 aliphatic carbocycles. The molecule has 29 heavy (non-hydrogen) atoms. The second kappa shape index (κ2) is 8.97. The highest BCUT2D eigenvalue weighted by Crippen LogP contribution is 2.33. The van der Waals surface area contributed by atoms with E-state index in [4.69, 9.17) is 16.3 Å².